The van der Waals surface area contributed by atoms with Crippen LogP contribution in [0.1, 0.15) is 119 Å². The van der Waals surface area contributed by atoms with E-state index >= 15 is 0 Å². The molecule has 1 saturated heterocycles. The normalized spacial score (nSPS) is 15.6. The number of oxime groups is 1. The number of aromatic nitrogens is 3. The Morgan fingerprint density at radius 2 is 1.37 bits per heavy atom. The fourth-order valence-corrected chi connectivity index (χ4v) is 9.87. The Balaban J connectivity index is 1.10. The molecule has 2 aliphatic heterocycles. The van der Waals surface area contributed by atoms with Gasteiger partial charge in [0.05, 0.1) is 7.11 Å². The van der Waals surface area contributed by atoms with Gasteiger partial charge in [-0.05, 0) is 143 Å². The van der Waals surface area contributed by atoms with Gasteiger partial charge in [0, 0.05) is 17.2 Å². The van der Waals surface area contributed by atoms with Crippen LogP contribution < -0.4 is 29.4 Å². The van der Waals surface area contributed by atoms with Crippen molar-refractivity contribution >= 4 is 82.2 Å². The van der Waals surface area contributed by atoms with Crippen molar-refractivity contribution in [2.24, 2.45) is 5.16 Å². The number of benzene rings is 3. The number of thiazole rings is 1. The topological polar surface area (TPSA) is 264 Å². The van der Waals surface area contributed by atoms with Crippen LogP contribution in [-0.2, 0) is 60.9 Å². The van der Waals surface area contributed by atoms with Crippen molar-refractivity contribution in [1.82, 2.24) is 19.8 Å². The van der Waals surface area contributed by atoms with Crippen LogP contribution in [0.25, 0.3) is 11.8 Å². The number of β-lactam (4-membered cyclic amide) rings is 1. The van der Waals surface area contributed by atoms with Crippen molar-refractivity contribution in [1.29, 1.82) is 0 Å². The summed E-state index contributed by atoms with van der Waals surface area (Å²) in [5, 5.41) is 10.1. The van der Waals surface area contributed by atoms with Crippen molar-refractivity contribution in [3.63, 3.8) is 0 Å². The number of esters is 2. The summed E-state index contributed by atoms with van der Waals surface area (Å²) in [5.74, 6) is -2.35. The first-order chi connectivity index (χ1) is 40.1. The van der Waals surface area contributed by atoms with Gasteiger partial charge < -0.3 is 48.0 Å². The number of thioether (sulfide) groups is 1. The largest absolute Gasteiger partial charge is 0.514 e. The van der Waals surface area contributed by atoms with Gasteiger partial charge in [0.25, 0.3) is 11.8 Å². The molecule has 3 aromatic carbocycles. The number of carbonyl (C=O) groups is 7. The highest BCUT2D eigenvalue weighted by atomic mass is 32.2. The van der Waals surface area contributed by atoms with Gasteiger partial charge in [-0.15, -0.1) is 23.1 Å². The van der Waals surface area contributed by atoms with Crippen LogP contribution in [0.3, 0.4) is 0 Å². The van der Waals surface area contributed by atoms with Gasteiger partial charge in [0.2, 0.25) is 11.9 Å². The highest BCUT2D eigenvalue weighted by molar-refractivity contribution is 8.00. The second-order valence-electron chi connectivity index (χ2n) is 24.2. The molecule has 86 heavy (non-hydrogen) atoms. The Morgan fingerprint density at radius 1 is 0.756 bits per heavy atom. The molecule has 0 bridgehead atoms. The van der Waals surface area contributed by atoms with Gasteiger partial charge >= 0.3 is 30.3 Å². The molecule has 3 amide bonds. The van der Waals surface area contributed by atoms with Crippen LogP contribution in [0.5, 0.6) is 17.2 Å². The molecule has 0 spiro atoms. The lowest BCUT2D eigenvalue weighted by atomic mass is 10.0. The molecule has 0 unspecified atom stereocenters. The minimum Gasteiger partial charge on any atom is -0.497 e. The second-order valence-corrected chi connectivity index (χ2v) is 26.2. The summed E-state index contributed by atoms with van der Waals surface area (Å²) in [7, 11) is 1.54. The number of fused-ring (bicyclic) bond motifs is 1. The Bertz CT molecular complexity index is 3450. The summed E-state index contributed by atoms with van der Waals surface area (Å²) >= 11 is 2.27. The van der Waals surface area contributed by atoms with E-state index in [9.17, 15) is 33.6 Å². The number of nitrogens with one attached hydrogen (secondary N) is 2. The first-order valence-electron chi connectivity index (χ1n) is 27.2. The number of hydrogen-bond acceptors (Lipinski definition) is 20. The third-order valence-electron chi connectivity index (χ3n) is 11.7. The lowest BCUT2D eigenvalue weighted by Gasteiger charge is -2.49. The summed E-state index contributed by atoms with van der Waals surface area (Å²) in [6.45, 7) is 23.5. The third kappa shape index (κ3) is 18.2. The van der Waals surface area contributed by atoms with E-state index in [4.69, 9.17) is 42.7 Å². The molecule has 1 fully saturated rings. The van der Waals surface area contributed by atoms with Crippen LogP contribution >= 0.6 is 23.1 Å². The van der Waals surface area contributed by atoms with Gasteiger partial charge in [0.15, 0.2) is 22.3 Å². The molecule has 5 aromatic rings. The SMILES string of the molecule is COc1ccc(COC(=O)C2=C(/C=C\c3ccc(C[n+]4ccn(-c5ccc(OC(=O)OC(C)(C)C)c(OC(=O)OC(C)(C)C)c5)c4)cc3)CS[C@@H]3[C@H](NC(=O)/C(=N\OC(C)(C)C(=O)OC(C)(C)C)c4csc(NC(=O)OC(C)(C)C)n4)C(=O)N23)cc1. The number of imidazole rings is 1. The molecule has 0 saturated carbocycles. The number of ether oxygens (including phenoxy) is 8. The van der Waals surface area contributed by atoms with Gasteiger partial charge in [-0.1, -0.05) is 53.7 Å². The van der Waals surface area contributed by atoms with E-state index < -0.39 is 87.3 Å². The van der Waals surface area contributed by atoms with E-state index in [-0.39, 0.29) is 40.4 Å². The maximum absolute atomic E-state index is 14.4. The number of carbonyl (C=O) groups excluding carboxylic acids is 7. The minimum absolute atomic E-state index is 0.00559. The molecular formula is C61H72N7O16S2+. The molecule has 4 heterocycles. The molecule has 0 radical (unpaired) electrons. The van der Waals surface area contributed by atoms with E-state index in [0.29, 0.717) is 29.1 Å². The molecule has 2 N–H and O–H groups in total. The fourth-order valence-electron chi connectivity index (χ4n) is 7.87. The fraction of sp³-hybridized carbons (Fsp3) is 0.410. The number of hydrogen-bond donors (Lipinski definition) is 2. The highest BCUT2D eigenvalue weighted by Crippen LogP contribution is 2.42. The average Bonchev–Trinajstić information content (AvgIpc) is 3.05. The van der Waals surface area contributed by atoms with Crippen molar-refractivity contribution in [3.8, 4) is 22.9 Å². The highest BCUT2D eigenvalue weighted by Gasteiger charge is 2.55. The second kappa shape index (κ2) is 26.3. The van der Waals surface area contributed by atoms with Crippen LogP contribution in [-0.4, -0.2) is 115 Å². The van der Waals surface area contributed by atoms with Gasteiger partial charge in [-0.25, -0.2) is 38.1 Å². The molecule has 2 aliphatic rings. The molecule has 2 aromatic heterocycles. The summed E-state index contributed by atoms with van der Waals surface area (Å²) < 4.78 is 47.3. The standard InChI is InChI=1S/C61H71N7O16S2/c1-57(2,3)80-52(72)61(13,14)84-65-45(42-34-86-53(62-42)64-54(73)81-58(4,5)6)48(69)63-46-49(70)68-47(51(71)77-32-38-21-25-41(76-15)26-22-38)39(33-85-50(46)68)23-20-36-16-18-37(19-17-36)31-66-28-29-67(35-66)40-24-27-43(78-55(74)82-59(7,8)9)44(30-40)79-56(75)83-60(10,11)12/h16-30,34-35,46,50H,31-33H2,1-15H3,(H-,62,63,64,69,73)/p+1/b23-20-,65-45-/t46-,50-/m1/s1. The lowest BCUT2D eigenvalue weighted by molar-refractivity contribution is -0.687. The molecule has 25 heteroatoms. The average molecular weight is 1220 g/mol. The van der Waals surface area contributed by atoms with Gasteiger partial charge in [-0.2, -0.15) is 0 Å². The Labute approximate surface area is 506 Å². The van der Waals surface area contributed by atoms with Gasteiger partial charge in [-0.3, -0.25) is 19.8 Å². The molecule has 0 aliphatic carbocycles. The number of allylic oxidation sites excluding steroid dienone is 1. The number of rotatable bonds is 18. The zero-order valence-corrected chi connectivity index (χ0v) is 52.3. The van der Waals surface area contributed by atoms with Crippen molar-refractivity contribution < 1.29 is 80.9 Å². The first kappa shape index (κ1) is 64.8. The summed E-state index contributed by atoms with van der Waals surface area (Å²) in [6, 6.07) is 18.2. The van der Waals surface area contributed by atoms with E-state index in [2.05, 4.69) is 20.8 Å². The predicted octanol–water partition coefficient (Wildman–Crippen LogP) is 10.2. The number of amides is 3. The van der Waals surface area contributed by atoms with Crippen LogP contribution in [0.2, 0.25) is 0 Å². The van der Waals surface area contributed by atoms with E-state index in [1.54, 1.807) is 131 Å². The quantitative estimate of drug-likeness (QED) is 0.0157. The number of nitrogens with zero attached hydrogens (tertiary/aromatic N) is 5. The number of methoxy groups -OCH3 is 1. The lowest BCUT2D eigenvalue weighted by Crippen LogP contribution is -2.71. The van der Waals surface area contributed by atoms with Gasteiger partial charge in [0.1, 0.15) is 82.2 Å². The predicted molar refractivity (Wildman–Crippen MR) is 319 cm³/mol. The molecule has 7 rings (SSSR count). The summed E-state index contributed by atoms with van der Waals surface area (Å²) in [4.78, 5) is 105. The summed E-state index contributed by atoms with van der Waals surface area (Å²) in [6.07, 6.45) is 6.30. The van der Waals surface area contributed by atoms with Crippen molar-refractivity contribution in [3.05, 3.63) is 131 Å². The molecular weight excluding hydrogens is 1150 g/mol. The maximum atomic E-state index is 14.4. The smallest absolute Gasteiger partial charge is 0.497 e. The summed E-state index contributed by atoms with van der Waals surface area (Å²) in [5.41, 5.74) is -2.10. The third-order valence-corrected chi connectivity index (χ3v) is 13.8. The van der Waals surface area contributed by atoms with Crippen molar-refractivity contribution in [2.45, 2.75) is 150 Å². The minimum atomic E-state index is -1.70. The van der Waals surface area contributed by atoms with Crippen LogP contribution in [0.15, 0.2) is 113 Å². The maximum Gasteiger partial charge on any atom is 0.514 e. The molecule has 458 valence electrons. The van der Waals surface area contributed by atoms with Crippen LogP contribution in [0, 0.1) is 0 Å². The Kier molecular flexibility index (Phi) is 19.8. The van der Waals surface area contributed by atoms with E-state index in [0.717, 1.165) is 22.5 Å². The first-order valence-corrected chi connectivity index (χ1v) is 29.1. The van der Waals surface area contributed by atoms with Crippen molar-refractivity contribution in [2.75, 3.05) is 18.2 Å². The zero-order valence-electron chi connectivity index (χ0n) is 50.7. The zero-order chi connectivity index (χ0) is 63.1. The Morgan fingerprint density at radius 3 is 1.99 bits per heavy atom. The van der Waals surface area contributed by atoms with E-state index in [1.807, 2.05) is 53.6 Å². The molecule has 23 nitrogen and oxygen atoms in total. The Hall–Kier alpha value is -8.71. The molecule has 2 atom stereocenters. The number of anilines is 1. The van der Waals surface area contributed by atoms with Crippen LogP contribution in [0.4, 0.5) is 19.5 Å². The monoisotopic (exact) mass is 1220 g/mol. The van der Waals surface area contributed by atoms with E-state index in [1.165, 1.54) is 48.0 Å².